The molecule has 20 heavy (non-hydrogen) atoms. The Balaban J connectivity index is 0.00000200. The average Bonchev–Trinajstić information content (AvgIpc) is 2.38. The molecule has 0 spiro atoms. The minimum absolute atomic E-state index is 0. The van der Waals surface area contributed by atoms with Crippen LogP contribution in [-0.4, -0.2) is 44.4 Å². The fourth-order valence-corrected chi connectivity index (χ4v) is 2.24. The standard InChI is InChI=1S/C16H23NO2.ClH/c1-14-11-15(2)13-16(12-14)19-8-4-3-5-17-6-9-18-10-7-17;/h3-4,11-13H,5-10H2,1-2H3;1H/b4-3+;. The molecule has 4 heteroatoms. The molecule has 0 N–H and O–H groups in total. The van der Waals surface area contributed by atoms with Crippen molar-refractivity contribution in [1.82, 2.24) is 4.90 Å². The van der Waals surface area contributed by atoms with Gasteiger partial charge in [-0.2, -0.15) is 0 Å². The lowest BCUT2D eigenvalue weighted by Crippen LogP contribution is -2.36. The Morgan fingerprint density at radius 1 is 1.10 bits per heavy atom. The van der Waals surface area contributed by atoms with Gasteiger partial charge in [0.15, 0.2) is 0 Å². The van der Waals surface area contributed by atoms with Gasteiger partial charge in [0.25, 0.3) is 0 Å². The first kappa shape index (κ1) is 17.0. The highest BCUT2D eigenvalue weighted by molar-refractivity contribution is 5.85. The maximum Gasteiger partial charge on any atom is 0.120 e. The number of hydrogen-bond donors (Lipinski definition) is 0. The van der Waals surface area contributed by atoms with E-state index in [1.165, 1.54) is 11.1 Å². The van der Waals surface area contributed by atoms with Crippen LogP contribution in [0.1, 0.15) is 11.1 Å². The van der Waals surface area contributed by atoms with Gasteiger partial charge in [-0.1, -0.05) is 18.2 Å². The first-order chi connectivity index (χ1) is 9.24. The maximum atomic E-state index is 5.73. The molecule has 1 aliphatic rings. The monoisotopic (exact) mass is 297 g/mol. The van der Waals surface area contributed by atoms with E-state index >= 15 is 0 Å². The fraction of sp³-hybridized carbons (Fsp3) is 0.500. The normalized spacial score (nSPS) is 16.1. The van der Waals surface area contributed by atoms with E-state index in [0.717, 1.165) is 38.6 Å². The van der Waals surface area contributed by atoms with Gasteiger partial charge in [-0.05, 0) is 37.1 Å². The molecule has 1 aliphatic heterocycles. The highest BCUT2D eigenvalue weighted by Gasteiger charge is 2.07. The van der Waals surface area contributed by atoms with Crippen molar-refractivity contribution in [3.05, 3.63) is 41.5 Å². The SMILES string of the molecule is Cc1cc(C)cc(OC/C=C/CN2CCOCC2)c1.Cl. The lowest BCUT2D eigenvalue weighted by Gasteiger charge is -2.25. The van der Waals surface area contributed by atoms with Gasteiger partial charge in [0, 0.05) is 19.6 Å². The van der Waals surface area contributed by atoms with E-state index in [2.05, 4.69) is 49.1 Å². The summed E-state index contributed by atoms with van der Waals surface area (Å²) in [5.41, 5.74) is 2.49. The summed E-state index contributed by atoms with van der Waals surface area (Å²) in [5.74, 6) is 0.952. The highest BCUT2D eigenvalue weighted by Crippen LogP contribution is 2.15. The molecular formula is C16H24ClNO2. The van der Waals surface area contributed by atoms with E-state index < -0.39 is 0 Å². The minimum Gasteiger partial charge on any atom is -0.490 e. The number of morpholine rings is 1. The van der Waals surface area contributed by atoms with E-state index in [1.807, 2.05) is 0 Å². The molecule has 1 saturated heterocycles. The average molecular weight is 298 g/mol. The van der Waals surface area contributed by atoms with Crippen LogP contribution in [0.25, 0.3) is 0 Å². The molecule has 112 valence electrons. The number of nitrogens with zero attached hydrogens (tertiary/aromatic N) is 1. The predicted molar refractivity (Wildman–Crippen MR) is 85.1 cm³/mol. The Bertz CT molecular complexity index is 408. The zero-order chi connectivity index (χ0) is 13.5. The molecule has 0 amide bonds. The van der Waals surface area contributed by atoms with Crippen molar-refractivity contribution >= 4 is 12.4 Å². The van der Waals surface area contributed by atoms with Crippen LogP contribution in [0.4, 0.5) is 0 Å². The van der Waals surface area contributed by atoms with Crippen molar-refractivity contribution in [2.45, 2.75) is 13.8 Å². The first-order valence-corrected chi connectivity index (χ1v) is 6.90. The summed E-state index contributed by atoms with van der Waals surface area (Å²) in [4.78, 5) is 2.39. The van der Waals surface area contributed by atoms with Crippen LogP contribution in [0.15, 0.2) is 30.4 Å². The van der Waals surface area contributed by atoms with Crippen molar-refractivity contribution in [2.24, 2.45) is 0 Å². The minimum atomic E-state index is 0. The third-order valence-electron chi connectivity index (χ3n) is 3.18. The van der Waals surface area contributed by atoms with Crippen molar-refractivity contribution in [3.8, 4) is 5.75 Å². The molecule has 0 aromatic heterocycles. The predicted octanol–water partition coefficient (Wildman–Crippen LogP) is 2.99. The maximum absolute atomic E-state index is 5.73. The third-order valence-corrected chi connectivity index (χ3v) is 3.18. The molecule has 3 nitrogen and oxygen atoms in total. The molecule has 1 fully saturated rings. The van der Waals surface area contributed by atoms with Crippen molar-refractivity contribution < 1.29 is 9.47 Å². The first-order valence-electron chi connectivity index (χ1n) is 6.90. The number of benzene rings is 1. The summed E-state index contributed by atoms with van der Waals surface area (Å²) in [6, 6.07) is 6.30. The van der Waals surface area contributed by atoms with Gasteiger partial charge in [-0.25, -0.2) is 0 Å². The number of hydrogen-bond acceptors (Lipinski definition) is 3. The molecule has 0 saturated carbocycles. The summed E-state index contributed by atoms with van der Waals surface area (Å²) in [7, 11) is 0. The highest BCUT2D eigenvalue weighted by atomic mass is 35.5. The third kappa shape index (κ3) is 5.95. The molecule has 1 aromatic rings. The van der Waals surface area contributed by atoms with E-state index in [9.17, 15) is 0 Å². The largest absolute Gasteiger partial charge is 0.490 e. The van der Waals surface area contributed by atoms with E-state index in [4.69, 9.17) is 9.47 Å². The lowest BCUT2D eigenvalue weighted by atomic mass is 10.1. The molecule has 0 radical (unpaired) electrons. The second-order valence-electron chi connectivity index (χ2n) is 5.02. The quantitative estimate of drug-likeness (QED) is 0.780. The summed E-state index contributed by atoms with van der Waals surface area (Å²) >= 11 is 0. The number of ether oxygens (including phenoxy) is 2. The molecule has 1 heterocycles. The molecule has 2 rings (SSSR count). The summed E-state index contributed by atoms with van der Waals surface area (Å²) in [6.07, 6.45) is 4.26. The zero-order valence-corrected chi connectivity index (χ0v) is 13.1. The van der Waals surface area contributed by atoms with Crippen molar-refractivity contribution in [3.63, 3.8) is 0 Å². The molecule has 0 aliphatic carbocycles. The number of halogens is 1. The van der Waals surface area contributed by atoms with E-state index in [1.54, 1.807) is 0 Å². The zero-order valence-electron chi connectivity index (χ0n) is 12.3. The fourth-order valence-electron chi connectivity index (χ4n) is 2.24. The van der Waals surface area contributed by atoms with Gasteiger partial charge < -0.3 is 9.47 Å². The van der Waals surface area contributed by atoms with Gasteiger partial charge in [-0.15, -0.1) is 12.4 Å². The molecule has 0 unspecified atom stereocenters. The second-order valence-corrected chi connectivity index (χ2v) is 5.02. The van der Waals surface area contributed by atoms with Gasteiger partial charge in [-0.3, -0.25) is 4.90 Å². The summed E-state index contributed by atoms with van der Waals surface area (Å²) < 4.78 is 11.0. The van der Waals surface area contributed by atoms with Crippen LogP contribution >= 0.6 is 12.4 Å². The summed E-state index contributed by atoms with van der Waals surface area (Å²) in [6.45, 7) is 9.57. The van der Waals surface area contributed by atoms with Gasteiger partial charge in [0.05, 0.1) is 13.2 Å². The summed E-state index contributed by atoms with van der Waals surface area (Å²) in [5, 5.41) is 0. The lowest BCUT2D eigenvalue weighted by molar-refractivity contribution is 0.0434. The van der Waals surface area contributed by atoms with Gasteiger partial charge >= 0.3 is 0 Å². The van der Waals surface area contributed by atoms with Crippen molar-refractivity contribution in [1.29, 1.82) is 0 Å². The molecule has 1 aromatic carbocycles. The van der Waals surface area contributed by atoms with Gasteiger partial charge in [0.1, 0.15) is 12.4 Å². The topological polar surface area (TPSA) is 21.7 Å². The Hall–Kier alpha value is -1.03. The van der Waals surface area contributed by atoms with Crippen molar-refractivity contribution in [2.75, 3.05) is 39.5 Å². The van der Waals surface area contributed by atoms with Gasteiger partial charge in [0.2, 0.25) is 0 Å². The van der Waals surface area contributed by atoms with E-state index in [0.29, 0.717) is 6.61 Å². The number of rotatable bonds is 5. The van der Waals surface area contributed by atoms with Crippen LogP contribution in [0, 0.1) is 13.8 Å². The van der Waals surface area contributed by atoms with Crippen LogP contribution in [-0.2, 0) is 4.74 Å². The Kier molecular flexibility index (Phi) is 7.67. The van der Waals surface area contributed by atoms with E-state index in [-0.39, 0.29) is 12.4 Å². The smallest absolute Gasteiger partial charge is 0.120 e. The Labute approximate surface area is 128 Å². The van der Waals surface area contributed by atoms with Crippen LogP contribution in [0.5, 0.6) is 5.75 Å². The number of aryl methyl sites for hydroxylation is 2. The van der Waals surface area contributed by atoms with Crippen LogP contribution in [0.3, 0.4) is 0 Å². The Morgan fingerprint density at radius 3 is 2.40 bits per heavy atom. The Morgan fingerprint density at radius 2 is 1.75 bits per heavy atom. The molecule has 0 bridgehead atoms. The van der Waals surface area contributed by atoms with Crippen LogP contribution < -0.4 is 4.74 Å². The second kappa shape index (κ2) is 9.01. The van der Waals surface area contributed by atoms with Crippen LogP contribution in [0.2, 0.25) is 0 Å². The molecule has 0 atom stereocenters. The molecular weight excluding hydrogens is 274 g/mol.